The zero-order chi connectivity index (χ0) is 12.4. The fraction of sp³-hybridized carbons (Fsp3) is 0.100. The fourth-order valence-electron chi connectivity index (χ4n) is 1.21. The van der Waals surface area contributed by atoms with Crippen molar-refractivity contribution in [2.45, 2.75) is 0 Å². The Kier molecular flexibility index (Phi) is 4.04. The number of thioether (sulfide) groups is 1. The molecule has 0 unspecified atom stereocenters. The van der Waals surface area contributed by atoms with Gasteiger partial charge in [0.1, 0.15) is 0 Å². The number of carbonyl (C=O) groups excluding carboxylic acids is 1. The smallest absolute Gasteiger partial charge is 0.259 e. The van der Waals surface area contributed by atoms with Crippen LogP contribution in [-0.4, -0.2) is 27.2 Å². The molecule has 3 nitrogen and oxygen atoms in total. The summed E-state index contributed by atoms with van der Waals surface area (Å²) in [5.41, 5.74) is 0.573. The summed E-state index contributed by atoms with van der Waals surface area (Å²) in [5.74, 6) is 0.186. The highest BCUT2D eigenvalue weighted by molar-refractivity contribution is 8.23. The van der Waals surface area contributed by atoms with Crippen molar-refractivity contribution in [1.29, 1.82) is 0 Å². The standard InChI is InChI=1S/C10H6Cl2N2OS2/c11-7-2-1-3-8(12)6(7)4-13-14-9(15)5-17-10(14)16/h1-4H,5H2/b13-4-. The molecule has 1 amide bonds. The number of hydrogen-bond acceptors (Lipinski definition) is 4. The maximum atomic E-state index is 11.4. The lowest BCUT2D eigenvalue weighted by Gasteiger charge is -2.07. The van der Waals surface area contributed by atoms with E-state index in [1.165, 1.54) is 23.0 Å². The van der Waals surface area contributed by atoms with Gasteiger partial charge in [0.15, 0.2) is 4.32 Å². The minimum atomic E-state index is -0.139. The molecule has 7 heteroatoms. The average molecular weight is 305 g/mol. The predicted molar refractivity (Wildman–Crippen MR) is 76.0 cm³/mol. The van der Waals surface area contributed by atoms with E-state index in [1.807, 2.05) is 0 Å². The topological polar surface area (TPSA) is 32.7 Å². The zero-order valence-corrected chi connectivity index (χ0v) is 11.5. The Hall–Kier alpha value is -0.620. The van der Waals surface area contributed by atoms with Crippen LogP contribution in [-0.2, 0) is 4.79 Å². The maximum Gasteiger partial charge on any atom is 0.259 e. The maximum absolute atomic E-state index is 11.4. The molecule has 0 spiro atoms. The lowest BCUT2D eigenvalue weighted by Crippen LogP contribution is -2.22. The molecule has 2 rings (SSSR count). The first-order valence-electron chi connectivity index (χ1n) is 4.57. The van der Waals surface area contributed by atoms with Crippen LogP contribution in [0.15, 0.2) is 23.3 Å². The van der Waals surface area contributed by atoms with Gasteiger partial charge in [-0.2, -0.15) is 10.1 Å². The van der Waals surface area contributed by atoms with Gasteiger partial charge in [0.2, 0.25) is 0 Å². The number of hydrogen-bond donors (Lipinski definition) is 0. The summed E-state index contributed by atoms with van der Waals surface area (Å²) in [6, 6.07) is 5.14. The summed E-state index contributed by atoms with van der Waals surface area (Å²) in [6.45, 7) is 0. The number of halogens is 2. The molecule has 0 aromatic heterocycles. The van der Waals surface area contributed by atoms with E-state index in [1.54, 1.807) is 18.2 Å². The molecule has 0 N–H and O–H groups in total. The molecule has 1 aromatic carbocycles. The fourth-order valence-corrected chi connectivity index (χ4v) is 2.67. The summed E-state index contributed by atoms with van der Waals surface area (Å²) < 4.78 is 0.439. The third kappa shape index (κ3) is 2.80. The Morgan fingerprint density at radius 2 is 2.06 bits per heavy atom. The van der Waals surface area contributed by atoms with Gasteiger partial charge in [-0.3, -0.25) is 4.79 Å². The molecule has 88 valence electrons. The van der Waals surface area contributed by atoms with Crippen LogP contribution in [0, 0.1) is 0 Å². The summed E-state index contributed by atoms with van der Waals surface area (Å²) in [5, 5.41) is 6.14. The monoisotopic (exact) mass is 304 g/mol. The first-order chi connectivity index (χ1) is 8.09. The summed E-state index contributed by atoms with van der Waals surface area (Å²) >= 11 is 18.2. The number of nitrogens with zero attached hydrogens (tertiary/aromatic N) is 2. The number of carbonyl (C=O) groups is 1. The van der Waals surface area contributed by atoms with E-state index in [-0.39, 0.29) is 5.91 Å². The van der Waals surface area contributed by atoms with Gasteiger partial charge in [-0.1, -0.05) is 53.2 Å². The Morgan fingerprint density at radius 3 is 2.59 bits per heavy atom. The number of benzene rings is 1. The molecule has 0 radical (unpaired) electrons. The third-order valence-electron chi connectivity index (χ3n) is 2.03. The number of rotatable bonds is 2. The van der Waals surface area contributed by atoms with Crippen molar-refractivity contribution < 1.29 is 4.79 Å². The van der Waals surface area contributed by atoms with Crippen LogP contribution in [0.2, 0.25) is 10.0 Å². The quantitative estimate of drug-likeness (QED) is 0.621. The Bertz CT molecular complexity index is 483. The molecule has 1 fully saturated rings. The molecule has 1 heterocycles. The van der Waals surface area contributed by atoms with E-state index in [9.17, 15) is 4.79 Å². The molecule has 1 aliphatic heterocycles. The highest BCUT2D eigenvalue weighted by Crippen LogP contribution is 2.24. The third-order valence-corrected chi connectivity index (χ3v) is 4.03. The predicted octanol–water partition coefficient (Wildman–Crippen LogP) is 3.19. The molecule has 0 saturated carbocycles. The number of thiocarbonyl (C=S) groups is 1. The van der Waals surface area contributed by atoms with Crippen LogP contribution in [0.5, 0.6) is 0 Å². The van der Waals surface area contributed by atoms with Crippen LogP contribution >= 0.6 is 47.2 Å². The van der Waals surface area contributed by atoms with Gasteiger partial charge in [0, 0.05) is 5.56 Å². The zero-order valence-electron chi connectivity index (χ0n) is 8.39. The molecular formula is C10H6Cl2N2OS2. The molecule has 0 atom stereocenters. The molecule has 1 saturated heterocycles. The molecule has 0 aliphatic carbocycles. The van der Waals surface area contributed by atoms with E-state index in [0.29, 0.717) is 25.7 Å². The van der Waals surface area contributed by atoms with E-state index in [0.717, 1.165) is 0 Å². The number of hydrazone groups is 1. The van der Waals surface area contributed by atoms with E-state index < -0.39 is 0 Å². The van der Waals surface area contributed by atoms with Crippen LogP contribution < -0.4 is 0 Å². The van der Waals surface area contributed by atoms with Crippen LogP contribution in [0.1, 0.15) is 5.56 Å². The van der Waals surface area contributed by atoms with Gasteiger partial charge >= 0.3 is 0 Å². The number of amides is 1. The summed E-state index contributed by atoms with van der Waals surface area (Å²) in [6.07, 6.45) is 1.45. The molecular weight excluding hydrogens is 299 g/mol. The highest BCUT2D eigenvalue weighted by atomic mass is 35.5. The second-order valence-corrected chi connectivity index (χ2v) is 5.56. The minimum Gasteiger partial charge on any atom is -0.272 e. The van der Waals surface area contributed by atoms with Crippen molar-refractivity contribution in [2.75, 3.05) is 5.75 Å². The van der Waals surface area contributed by atoms with Crippen molar-refractivity contribution in [3.63, 3.8) is 0 Å². The largest absolute Gasteiger partial charge is 0.272 e. The van der Waals surface area contributed by atoms with Crippen molar-refractivity contribution in [2.24, 2.45) is 5.10 Å². The molecule has 1 aromatic rings. The second-order valence-electron chi connectivity index (χ2n) is 3.14. The Labute approximate surface area is 118 Å². The van der Waals surface area contributed by atoms with Gasteiger partial charge in [-0.15, -0.1) is 0 Å². The van der Waals surface area contributed by atoms with E-state index in [2.05, 4.69) is 5.10 Å². The van der Waals surface area contributed by atoms with Crippen LogP contribution in [0.3, 0.4) is 0 Å². The van der Waals surface area contributed by atoms with Gasteiger partial charge < -0.3 is 0 Å². The average Bonchev–Trinajstić information content (AvgIpc) is 2.59. The van der Waals surface area contributed by atoms with Gasteiger partial charge in [0.25, 0.3) is 5.91 Å². The first kappa shape index (κ1) is 12.8. The normalized spacial score (nSPS) is 16.2. The Morgan fingerprint density at radius 1 is 1.41 bits per heavy atom. The highest BCUT2D eigenvalue weighted by Gasteiger charge is 2.26. The SMILES string of the molecule is O=C1CSC(=S)N1/N=C\c1c(Cl)cccc1Cl. The van der Waals surface area contributed by atoms with Gasteiger partial charge in [-0.05, 0) is 12.1 Å². The van der Waals surface area contributed by atoms with Crippen molar-refractivity contribution >= 4 is 63.6 Å². The molecule has 0 bridgehead atoms. The van der Waals surface area contributed by atoms with Crippen molar-refractivity contribution in [3.8, 4) is 0 Å². The lowest BCUT2D eigenvalue weighted by molar-refractivity contribution is -0.123. The van der Waals surface area contributed by atoms with Crippen molar-refractivity contribution in [3.05, 3.63) is 33.8 Å². The Balaban J connectivity index is 2.26. The first-order valence-corrected chi connectivity index (χ1v) is 6.72. The van der Waals surface area contributed by atoms with Gasteiger partial charge in [0.05, 0.1) is 22.0 Å². The van der Waals surface area contributed by atoms with Gasteiger partial charge in [-0.25, -0.2) is 0 Å². The lowest BCUT2D eigenvalue weighted by atomic mass is 10.2. The van der Waals surface area contributed by atoms with Crippen molar-refractivity contribution in [1.82, 2.24) is 5.01 Å². The molecule has 17 heavy (non-hydrogen) atoms. The summed E-state index contributed by atoms with van der Waals surface area (Å²) in [4.78, 5) is 11.4. The molecule has 1 aliphatic rings. The minimum absolute atomic E-state index is 0.139. The van der Waals surface area contributed by atoms with E-state index in [4.69, 9.17) is 35.4 Å². The summed E-state index contributed by atoms with van der Waals surface area (Å²) in [7, 11) is 0. The van der Waals surface area contributed by atoms with Crippen LogP contribution in [0.25, 0.3) is 0 Å². The van der Waals surface area contributed by atoms with Crippen LogP contribution in [0.4, 0.5) is 0 Å². The second kappa shape index (κ2) is 5.35. The van der Waals surface area contributed by atoms with E-state index >= 15 is 0 Å².